The third kappa shape index (κ3) is 2.46. The van der Waals surface area contributed by atoms with Crippen LogP contribution in [0.5, 0.6) is 0 Å². The summed E-state index contributed by atoms with van der Waals surface area (Å²) in [6.07, 6.45) is 12.3. The van der Waals surface area contributed by atoms with Crippen molar-refractivity contribution in [2.75, 3.05) is 0 Å². The third-order valence-corrected chi connectivity index (χ3v) is 10.6. The zero-order valence-electron chi connectivity index (χ0n) is 17.9. The molecule has 25 heavy (non-hydrogen) atoms. The molecule has 6 unspecified atom stereocenters. The molecule has 0 aromatic heterocycles. The SMILES string of the molecule is CC=CCB(C1CC2CC(C1C)C2(C)C)C1C[C@H]2C[C@H](C1C)C2(C)C. The van der Waals surface area contributed by atoms with Crippen molar-refractivity contribution in [3.8, 4) is 0 Å². The number of fused-ring (bicyclic) bond motifs is 4. The molecule has 0 radical (unpaired) electrons. The van der Waals surface area contributed by atoms with E-state index in [0.29, 0.717) is 10.8 Å². The average molecular weight is 340 g/mol. The van der Waals surface area contributed by atoms with Crippen LogP contribution in [0.15, 0.2) is 12.2 Å². The molecule has 4 bridgehead atoms. The van der Waals surface area contributed by atoms with Gasteiger partial charge >= 0.3 is 0 Å². The van der Waals surface area contributed by atoms with Crippen LogP contribution in [0.2, 0.25) is 18.0 Å². The van der Waals surface area contributed by atoms with E-state index in [4.69, 9.17) is 0 Å². The van der Waals surface area contributed by atoms with E-state index in [1.807, 2.05) is 0 Å². The highest BCUT2D eigenvalue weighted by molar-refractivity contribution is 6.62. The van der Waals surface area contributed by atoms with Crippen molar-refractivity contribution in [1.29, 1.82) is 0 Å². The van der Waals surface area contributed by atoms with Crippen LogP contribution in [0.4, 0.5) is 0 Å². The predicted molar refractivity (Wildman–Crippen MR) is 111 cm³/mol. The van der Waals surface area contributed by atoms with E-state index < -0.39 is 0 Å². The van der Waals surface area contributed by atoms with Gasteiger partial charge in [0.1, 0.15) is 0 Å². The topological polar surface area (TPSA) is 0 Å². The maximum absolute atomic E-state index is 2.62. The Bertz CT molecular complexity index is 502. The zero-order valence-corrected chi connectivity index (χ0v) is 17.9. The Morgan fingerprint density at radius 2 is 1.24 bits per heavy atom. The van der Waals surface area contributed by atoms with Crippen LogP contribution in [-0.4, -0.2) is 6.71 Å². The Kier molecular flexibility index (Phi) is 4.29. The molecule has 8 atom stereocenters. The Morgan fingerprint density at radius 3 is 1.56 bits per heavy atom. The fourth-order valence-electron chi connectivity index (χ4n) is 8.47. The standard InChI is InChI=1S/C24H41B/c1-8-9-10-25(21-13-17-11-19(15(21)2)23(17,4)5)22-14-18-12-20(16(22)3)24(18,6)7/h8-9,15-22H,10-14H2,1-7H3/t15?,16?,17-,18?,19-,20?,21?,22?/m1/s1. The highest BCUT2D eigenvalue weighted by atomic mass is 14.6. The maximum atomic E-state index is 2.62. The second kappa shape index (κ2) is 5.90. The number of allylic oxidation sites excluding steroid dienone is 2. The van der Waals surface area contributed by atoms with Crippen molar-refractivity contribution in [3.05, 3.63) is 12.2 Å². The van der Waals surface area contributed by atoms with Crippen LogP contribution in [0, 0.1) is 46.3 Å². The lowest BCUT2D eigenvalue weighted by Crippen LogP contribution is -2.59. The molecule has 6 fully saturated rings. The van der Waals surface area contributed by atoms with E-state index in [9.17, 15) is 0 Å². The highest BCUT2D eigenvalue weighted by Crippen LogP contribution is 2.69. The monoisotopic (exact) mass is 340 g/mol. The molecule has 0 amide bonds. The van der Waals surface area contributed by atoms with Gasteiger partial charge in [-0.2, -0.15) is 0 Å². The molecule has 0 saturated heterocycles. The lowest BCUT2D eigenvalue weighted by atomic mass is 9.20. The fourth-order valence-corrected chi connectivity index (χ4v) is 8.47. The van der Waals surface area contributed by atoms with E-state index in [1.54, 1.807) is 0 Å². The summed E-state index contributed by atoms with van der Waals surface area (Å²) in [5.41, 5.74) is 1.26. The summed E-state index contributed by atoms with van der Waals surface area (Å²) < 4.78 is 0. The molecule has 0 heterocycles. The van der Waals surface area contributed by atoms with Gasteiger partial charge in [0, 0.05) is 0 Å². The van der Waals surface area contributed by atoms with Gasteiger partial charge in [0.05, 0.1) is 0 Å². The second-order valence-electron chi connectivity index (χ2n) is 11.7. The molecular weight excluding hydrogens is 299 g/mol. The van der Waals surface area contributed by atoms with Crippen LogP contribution < -0.4 is 0 Å². The van der Waals surface area contributed by atoms with Crippen molar-refractivity contribution < 1.29 is 0 Å². The normalized spacial score (nSPS) is 49.4. The first kappa shape index (κ1) is 18.2. The largest absolute Gasteiger partial charge is 0.150 e. The first-order chi connectivity index (χ1) is 11.7. The lowest BCUT2D eigenvalue weighted by Gasteiger charge is -2.66. The van der Waals surface area contributed by atoms with E-state index >= 15 is 0 Å². The molecule has 0 spiro atoms. The summed E-state index contributed by atoms with van der Waals surface area (Å²) in [4.78, 5) is 0. The molecule has 0 nitrogen and oxygen atoms in total. The van der Waals surface area contributed by atoms with Crippen LogP contribution in [0.1, 0.15) is 74.1 Å². The van der Waals surface area contributed by atoms with Crippen LogP contribution >= 0.6 is 0 Å². The highest BCUT2D eigenvalue weighted by Gasteiger charge is 2.61. The van der Waals surface area contributed by atoms with E-state index in [-0.39, 0.29) is 0 Å². The number of hydrogen-bond acceptors (Lipinski definition) is 0. The fraction of sp³-hybridized carbons (Fsp3) is 0.917. The quantitative estimate of drug-likeness (QED) is 0.375. The van der Waals surface area contributed by atoms with Crippen molar-refractivity contribution in [2.45, 2.75) is 92.1 Å². The summed E-state index contributed by atoms with van der Waals surface area (Å²) in [6, 6.07) is 0. The number of hydrogen-bond donors (Lipinski definition) is 0. The average Bonchev–Trinajstić information content (AvgIpc) is 2.56. The summed E-state index contributed by atoms with van der Waals surface area (Å²) in [6.45, 7) is 18.6. The van der Waals surface area contributed by atoms with Gasteiger partial charge in [-0.25, -0.2) is 0 Å². The molecule has 6 aliphatic rings. The molecule has 0 aromatic carbocycles. The predicted octanol–water partition coefficient (Wildman–Crippen LogP) is 7.20. The van der Waals surface area contributed by atoms with Gasteiger partial charge in [-0.3, -0.25) is 0 Å². The van der Waals surface area contributed by atoms with Gasteiger partial charge < -0.3 is 0 Å². The Balaban J connectivity index is 1.56. The maximum Gasteiger partial charge on any atom is 0.150 e. The van der Waals surface area contributed by atoms with Crippen LogP contribution in [-0.2, 0) is 0 Å². The molecule has 1 heteroatoms. The van der Waals surface area contributed by atoms with Crippen molar-refractivity contribution in [3.63, 3.8) is 0 Å². The molecule has 6 rings (SSSR count). The molecule has 6 saturated carbocycles. The summed E-state index contributed by atoms with van der Waals surface area (Å²) in [5.74, 6) is 7.86. The minimum absolute atomic E-state index is 0.628. The molecular formula is C24H41B. The summed E-state index contributed by atoms with van der Waals surface area (Å²) in [5, 5.41) is 0. The molecule has 140 valence electrons. The molecule has 0 N–H and O–H groups in total. The van der Waals surface area contributed by atoms with E-state index in [0.717, 1.165) is 53.9 Å². The first-order valence-electron chi connectivity index (χ1n) is 11.3. The smallest absolute Gasteiger partial charge is 0.0960 e. The van der Waals surface area contributed by atoms with E-state index in [1.165, 1.54) is 32.0 Å². The number of rotatable bonds is 4. The van der Waals surface area contributed by atoms with Crippen molar-refractivity contribution >= 4 is 6.71 Å². The van der Waals surface area contributed by atoms with Gasteiger partial charge in [0.25, 0.3) is 0 Å². The lowest BCUT2D eigenvalue weighted by molar-refractivity contribution is -0.107. The minimum atomic E-state index is 0.628. The third-order valence-electron chi connectivity index (χ3n) is 10.6. The van der Waals surface area contributed by atoms with Gasteiger partial charge in [-0.15, -0.1) is 0 Å². The van der Waals surface area contributed by atoms with Crippen LogP contribution in [0.3, 0.4) is 0 Å². The van der Waals surface area contributed by atoms with Crippen LogP contribution in [0.25, 0.3) is 0 Å². The molecule has 0 aromatic rings. The van der Waals surface area contributed by atoms with Crippen molar-refractivity contribution in [2.24, 2.45) is 46.3 Å². The van der Waals surface area contributed by atoms with E-state index in [2.05, 4.69) is 60.6 Å². The summed E-state index contributed by atoms with van der Waals surface area (Å²) in [7, 11) is 0. The molecule has 0 aliphatic heterocycles. The Labute approximate surface area is 157 Å². The summed E-state index contributed by atoms with van der Waals surface area (Å²) >= 11 is 0. The van der Waals surface area contributed by atoms with Gasteiger partial charge in [0.2, 0.25) is 0 Å². The first-order valence-corrected chi connectivity index (χ1v) is 11.3. The molecule has 6 aliphatic carbocycles. The van der Waals surface area contributed by atoms with Gasteiger partial charge in [-0.1, -0.05) is 84.5 Å². The van der Waals surface area contributed by atoms with Gasteiger partial charge in [0.15, 0.2) is 6.71 Å². The van der Waals surface area contributed by atoms with Crippen molar-refractivity contribution in [1.82, 2.24) is 0 Å². The zero-order chi connectivity index (χ0) is 18.1. The second-order valence-corrected chi connectivity index (χ2v) is 11.7. The Morgan fingerprint density at radius 1 is 0.800 bits per heavy atom. The van der Waals surface area contributed by atoms with Gasteiger partial charge in [-0.05, 0) is 66.1 Å². The minimum Gasteiger partial charge on any atom is -0.0960 e. The Hall–Kier alpha value is -0.195.